The van der Waals surface area contributed by atoms with E-state index in [4.69, 9.17) is 0 Å². The number of likely N-dealkylation sites (tertiary alicyclic amines) is 2. The molecule has 3 heterocycles. The number of aromatic amines is 1. The van der Waals surface area contributed by atoms with E-state index in [9.17, 15) is 0 Å². The fourth-order valence-corrected chi connectivity index (χ4v) is 5.57. The molecule has 3 nitrogen and oxygen atoms in total. The number of hydrogen-bond donors (Lipinski definition) is 1. The summed E-state index contributed by atoms with van der Waals surface area (Å²) in [6.07, 6.45) is 8.14. The first-order chi connectivity index (χ1) is 14.8. The van der Waals surface area contributed by atoms with Crippen LogP contribution in [0.2, 0.25) is 0 Å². The lowest BCUT2D eigenvalue weighted by Crippen LogP contribution is -2.42. The predicted molar refractivity (Wildman–Crippen MR) is 127 cm³/mol. The van der Waals surface area contributed by atoms with Gasteiger partial charge in [-0.05, 0) is 69.9 Å². The van der Waals surface area contributed by atoms with Gasteiger partial charge in [0.1, 0.15) is 0 Å². The zero-order valence-corrected chi connectivity index (χ0v) is 18.4. The Balaban J connectivity index is 1.64. The summed E-state index contributed by atoms with van der Waals surface area (Å²) >= 11 is 0. The number of aryl methyl sites for hydroxylation is 1. The van der Waals surface area contributed by atoms with Crippen molar-refractivity contribution in [1.82, 2.24) is 14.8 Å². The number of benzene rings is 2. The van der Waals surface area contributed by atoms with Gasteiger partial charge in [-0.25, -0.2) is 0 Å². The third-order valence-corrected chi connectivity index (χ3v) is 7.19. The molecule has 2 fully saturated rings. The van der Waals surface area contributed by atoms with Crippen molar-refractivity contribution >= 4 is 10.9 Å². The van der Waals surface area contributed by atoms with E-state index < -0.39 is 0 Å². The first-order valence-corrected chi connectivity index (χ1v) is 11.9. The second-order valence-corrected chi connectivity index (χ2v) is 9.25. The molecule has 1 aromatic heterocycles. The molecule has 30 heavy (non-hydrogen) atoms. The highest BCUT2D eigenvalue weighted by atomic mass is 15.2. The Morgan fingerprint density at radius 2 is 1.50 bits per heavy atom. The lowest BCUT2D eigenvalue weighted by molar-refractivity contribution is 0.109. The van der Waals surface area contributed by atoms with Gasteiger partial charge in [0, 0.05) is 23.0 Å². The zero-order valence-electron chi connectivity index (χ0n) is 18.4. The van der Waals surface area contributed by atoms with Crippen LogP contribution in [-0.2, 0) is 0 Å². The molecule has 0 saturated carbocycles. The van der Waals surface area contributed by atoms with Crippen LogP contribution >= 0.6 is 0 Å². The molecule has 2 aliphatic heterocycles. The van der Waals surface area contributed by atoms with E-state index in [1.807, 2.05) is 0 Å². The lowest BCUT2D eigenvalue weighted by Gasteiger charge is -2.39. The summed E-state index contributed by atoms with van der Waals surface area (Å²) in [5.41, 5.74) is 6.81. The molecular weight excluding hydrogens is 366 g/mol. The van der Waals surface area contributed by atoms with Crippen LogP contribution in [0.15, 0.2) is 48.5 Å². The van der Waals surface area contributed by atoms with E-state index >= 15 is 0 Å². The summed E-state index contributed by atoms with van der Waals surface area (Å²) in [7, 11) is 0. The Morgan fingerprint density at radius 1 is 0.800 bits per heavy atom. The number of nitrogens with one attached hydrogen (secondary N) is 1. The molecule has 0 amide bonds. The molecule has 2 aromatic carbocycles. The van der Waals surface area contributed by atoms with E-state index in [1.54, 1.807) is 0 Å². The van der Waals surface area contributed by atoms with Gasteiger partial charge in [-0.2, -0.15) is 0 Å². The van der Waals surface area contributed by atoms with Gasteiger partial charge < -0.3 is 9.88 Å². The Hall–Kier alpha value is -2.10. The monoisotopic (exact) mass is 401 g/mol. The normalized spacial score (nSPS) is 19.9. The molecule has 3 heteroatoms. The Kier molecular flexibility index (Phi) is 5.92. The summed E-state index contributed by atoms with van der Waals surface area (Å²) in [5, 5.41) is 1.42. The van der Waals surface area contributed by atoms with Gasteiger partial charge in [-0.1, -0.05) is 61.4 Å². The van der Waals surface area contributed by atoms with Gasteiger partial charge in [0.25, 0.3) is 0 Å². The quantitative estimate of drug-likeness (QED) is 0.553. The van der Waals surface area contributed by atoms with Crippen LogP contribution in [-0.4, -0.2) is 47.5 Å². The van der Waals surface area contributed by atoms with Crippen LogP contribution < -0.4 is 0 Å². The maximum atomic E-state index is 3.86. The molecule has 0 aliphatic carbocycles. The Morgan fingerprint density at radius 3 is 2.23 bits per heavy atom. The van der Waals surface area contributed by atoms with Crippen LogP contribution in [0, 0.1) is 6.92 Å². The van der Waals surface area contributed by atoms with Crippen molar-refractivity contribution in [2.24, 2.45) is 0 Å². The van der Waals surface area contributed by atoms with Crippen molar-refractivity contribution in [2.45, 2.75) is 51.5 Å². The first-order valence-electron chi connectivity index (χ1n) is 11.9. The van der Waals surface area contributed by atoms with Gasteiger partial charge >= 0.3 is 0 Å². The average molecular weight is 402 g/mol. The van der Waals surface area contributed by atoms with Crippen molar-refractivity contribution in [2.75, 3.05) is 32.7 Å². The second-order valence-electron chi connectivity index (χ2n) is 9.25. The molecule has 1 unspecified atom stereocenters. The second kappa shape index (κ2) is 8.95. The minimum absolute atomic E-state index is 0.453. The van der Waals surface area contributed by atoms with Crippen LogP contribution in [0.25, 0.3) is 22.2 Å². The molecule has 0 bridgehead atoms. The molecule has 1 atom stereocenters. The minimum atomic E-state index is 0.453. The molecule has 2 saturated heterocycles. The topological polar surface area (TPSA) is 22.3 Å². The molecule has 0 spiro atoms. The molecule has 1 N–H and O–H groups in total. The highest BCUT2D eigenvalue weighted by Crippen LogP contribution is 2.39. The number of nitrogens with zero attached hydrogens (tertiary/aromatic N) is 2. The molecule has 2 aliphatic rings. The number of fused-ring (bicyclic) bond motifs is 1. The average Bonchev–Trinajstić information content (AvgIpc) is 3.20. The van der Waals surface area contributed by atoms with Gasteiger partial charge in [0.05, 0.1) is 11.7 Å². The van der Waals surface area contributed by atoms with Gasteiger partial charge in [0.2, 0.25) is 0 Å². The number of rotatable bonds is 5. The number of aromatic nitrogens is 1. The third-order valence-electron chi connectivity index (χ3n) is 7.19. The smallest absolute Gasteiger partial charge is 0.0514 e. The maximum Gasteiger partial charge on any atom is 0.0514 e. The van der Waals surface area contributed by atoms with Gasteiger partial charge in [-0.3, -0.25) is 4.90 Å². The fraction of sp³-hybridized carbons (Fsp3) is 0.481. The standard InChI is InChI=1S/C27H35N3/c1-21-12-11-15-23-25(27(28-26(21)23)22-13-5-2-6-14-22)24(30-18-9-4-10-19-30)20-29-16-7-3-8-17-29/h2,5-6,11-15,24,28H,3-4,7-10,16-20H2,1H3. The Labute approximate surface area is 181 Å². The summed E-state index contributed by atoms with van der Waals surface area (Å²) < 4.78 is 0. The molecule has 158 valence electrons. The highest BCUT2D eigenvalue weighted by molar-refractivity contribution is 5.93. The van der Waals surface area contributed by atoms with Crippen molar-refractivity contribution < 1.29 is 0 Å². The van der Waals surface area contributed by atoms with Crippen LogP contribution in [0.3, 0.4) is 0 Å². The summed E-state index contributed by atoms with van der Waals surface area (Å²) in [4.78, 5) is 9.38. The van der Waals surface area contributed by atoms with E-state index in [0.717, 1.165) is 6.54 Å². The zero-order chi connectivity index (χ0) is 20.3. The van der Waals surface area contributed by atoms with Gasteiger partial charge in [0.15, 0.2) is 0 Å². The van der Waals surface area contributed by atoms with E-state index in [1.165, 1.54) is 98.0 Å². The Bertz CT molecular complexity index is 962. The van der Waals surface area contributed by atoms with Crippen LogP contribution in [0.4, 0.5) is 0 Å². The number of para-hydroxylation sites is 1. The highest BCUT2D eigenvalue weighted by Gasteiger charge is 2.30. The van der Waals surface area contributed by atoms with Crippen molar-refractivity contribution in [3.05, 3.63) is 59.7 Å². The van der Waals surface area contributed by atoms with Crippen LogP contribution in [0.5, 0.6) is 0 Å². The van der Waals surface area contributed by atoms with Crippen molar-refractivity contribution in [1.29, 1.82) is 0 Å². The van der Waals surface area contributed by atoms with E-state index in [-0.39, 0.29) is 0 Å². The number of hydrogen-bond acceptors (Lipinski definition) is 2. The maximum absolute atomic E-state index is 3.86. The van der Waals surface area contributed by atoms with Gasteiger partial charge in [-0.15, -0.1) is 0 Å². The molecule has 5 rings (SSSR count). The van der Waals surface area contributed by atoms with E-state index in [0.29, 0.717) is 6.04 Å². The summed E-state index contributed by atoms with van der Waals surface area (Å²) in [6, 6.07) is 18.2. The first kappa shape index (κ1) is 19.8. The minimum Gasteiger partial charge on any atom is -0.354 e. The summed E-state index contributed by atoms with van der Waals surface area (Å²) in [6.45, 7) is 8.36. The molecular formula is C27H35N3. The van der Waals surface area contributed by atoms with Crippen molar-refractivity contribution in [3.63, 3.8) is 0 Å². The SMILES string of the molecule is Cc1cccc2c(C(CN3CCCCC3)N3CCCCC3)c(-c3ccccc3)[nH]c12. The molecule has 0 radical (unpaired) electrons. The number of H-pyrrole nitrogens is 1. The number of piperidine rings is 2. The predicted octanol–water partition coefficient (Wildman–Crippen LogP) is 6.16. The third kappa shape index (κ3) is 3.93. The van der Waals surface area contributed by atoms with Crippen LogP contribution in [0.1, 0.15) is 55.7 Å². The lowest BCUT2D eigenvalue weighted by atomic mass is 9.94. The summed E-state index contributed by atoms with van der Waals surface area (Å²) in [5.74, 6) is 0. The molecule has 3 aromatic rings. The van der Waals surface area contributed by atoms with Crippen molar-refractivity contribution in [3.8, 4) is 11.3 Å². The fourth-order valence-electron chi connectivity index (χ4n) is 5.57. The van der Waals surface area contributed by atoms with E-state index in [2.05, 4.69) is 70.2 Å². The largest absolute Gasteiger partial charge is 0.354 e.